The number of nitrogens with two attached hydrogens (primary N) is 1. The molecule has 1 atom stereocenters. The lowest BCUT2D eigenvalue weighted by Gasteiger charge is -2.21. The molecule has 1 aromatic rings. The zero-order valence-corrected chi connectivity index (χ0v) is 11.4. The van der Waals surface area contributed by atoms with Crippen LogP contribution in [0.3, 0.4) is 0 Å². The lowest BCUT2D eigenvalue weighted by Crippen LogP contribution is -2.41. The number of aromatic hydroxyl groups is 1. The van der Waals surface area contributed by atoms with E-state index < -0.39 is 0 Å². The fourth-order valence-corrected chi connectivity index (χ4v) is 1.74. The molecule has 0 saturated heterocycles. The highest BCUT2D eigenvalue weighted by Crippen LogP contribution is 2.26. The van der Waals surface area contributed by atoms with E-state index in [0.717, 1.165) is 0 Å². The molecular weight excluding hydrogens is 248 g/mol. The second-order valence-electron chi connectivity index (χ2n) is 4.29. The summed E-state index contributed by atoms with van der Waals surface area (Å²) in [6.07, 6.45) is 0. The molecule has 1 unspecified atom stereocenters. The number of phenols is 1. The zero-order valence-electron chi connectivity index (χ0n) is 11.4. The Morgan fingerprint density at radius 1 is 1.47 bits per heavy atom. The van der Waals surface area contributed by atoms with E-state index in [-0.39, 0.29) is 17.7 Å². The monoisotopic (exact) mass is 268 g/mol. The molecule has 6 nitrogen and oxygen atoms in total. The highest BCUT2D eigenvalue weighted by atomic mass is 16.5. The molecule has 3 N–H and O–H groups in total. The number of methoxy groups -OCH3 is 2. The number of hydrogen-bond acceptors (Lipinski definition) is 5. The molecule has 1 rings (SSSR count). The van der Waals surface area contributed by atoms with Gasteiger partial charge in [0.25, 0.3) is 5.91 Å². The van der Waals surface area contributed by atoms with Gasteiger partial charge in [-0.3, -0.25) is 4.79 Å². The Kier molecular flexibility index (Phi) is 5.59. The van der Waals surface area contributed by atoms with E-state index in [1.165, 1.54) is 18.1 Å². The number of carbonyl (C=O) groups is 1. The van der Waals surface area contributed by atoms with Crippen LogP contribution in [0.25, 0.3) is 0 Å². The van der Waals surface area contributed by atoms with Gasteiger partial charge >= 0.3 is 0 Å². The third-order valence-corrected chi connectivity index (χ3v) is 2.66. The minimum Gasteiger partial charge on any atom is -0.504 e. The third kappa shape index (κ3) is 4.11. The molecule has 0 aliphatic rings. The number of likely N-dealkylation sites (N-methyl/N-ethyl adjacent to an activating group) is 1. The van der Waals surface area contributed by atoms with Crippen LogP contribution >= 0.6 is 0 Å². The number of amides is 1. The average Bonchev–Trinajstić information content (AvgIpc) is 2.37. The highest BCUT2D eigenvalue weighted by molar-refractivity contribution is 5.94. The van der Waals surface area contributed by atoms with E-state index in [0.29, 0.717) is 24.5 Å². The van der Waals surface area contributed by atoms with Gasteiger partial charge in [0.1, 0.15) is 0 Å². The van der Waals surface area contributed by atoms with Gasteiger partial charge in [0.05, 0.1) is 13.7 Å². The van der Waals surface area contributed by atoms with Crippen LogP contribution < -0.4 is 10.5 Å². The first-order valence-electron chi connectivity index (χ1n) is 5.86. The highest BCUT2D eigenvalue weighted by Gasteiger charge is 2.16. The molecule has 0 spiro atoms. The molecule has 0 aromatic heterocycles. The maximum Gasteiger partial charge on any atom is 0.253 e. The Hall–Kier alpha value is -1.79. The maximum atomic E-state index is 12.1. The minimum atomic E-state index is -0.245. The molecule has 19 heavy (non-hydrogen) atoms. The summed E-state index contributed by atoms with van der Waals surface area (Å²) < 4.78 is 9.85. The summed E-state index contributed by atoms with van der Waals surface area (Å²) >= 11 is 0. The van der Waals surface area contributed by atoms with E-state index >= 15 is 0 Å². The molecule has 0 bridgehead atoms. The van der Waals surface area contributed by atoms with Gasteiger partial charge < -0.3 is 25.2 Å². The predicted octanol–water partition coefficient (Wildman–Crippen LogP) is 0.446. The number of rotatable bonds is 6. The maximum absolute atomic E-state index is 12.1. The molecule has 6 heteroatoms. The molecule has 1 amide bonds. The van der Waals surface area contributed by atoms with Crippen molar-refractivity contribution in [3.63, 3.8) is 0 Å². The van der Waals surface area contributed by atoms with Crippen molar-refractivity contribution in [2.45, 2.75) is 6.04 Å². The van der Waals surface area contributed by atoms with Crippen LogP contribution in [0.5, 0.6) is 11.5 Å². The quantitative estimate of drug-likeness (QED) is 0.782. The minimum absolute atomic E-state index is 0.0667. The molecule has 0 fully saturated rings. The Balaban J connectivity index is 2.74. The molecule has 106 valence electrons. The van der Waals surface area contributed by atoms with Gasteiger partial charge in [-0.05, 0) is 18.2 Å². The van der Waals surface area contributed by atoms with Gasteiger partial charge in [0.2, 0.25) is 0 Å². The van der Waals surface area contributed by atoms with Gasteiger partial charge in [0, 0.05) is 32.3 Å². The summed E-state index contributed by atoms with van der Waals surface area (Å²) in [5.74, 6) is 0.0442. The topological polar surface area (TPSA) is 85.0 Å². The number of hydrogen-bond donors (Lipinski definition) is 2. The smallest absolute Gasteiger partial charge is 0.253 e. The van der Waals surface area contributed by atoms with Crippen LogP contribution in [0.1, 0.15) is 10.4 Å². The second kappa shape index (κ2) is 6.96. The summed E-state index contributed by atoms with van der Waals surface area (Å²) in [6, 6.07) is 4.27. The van der Waals surface area contributed by atoms with Crippen molar-refractivity contribution >= 4 is 5.91 Å². The predicted molar refractivity (Wildman–Crippen MR) is 71.5 cm³/mol. The molecule has 0 saturated carbocycles. The Morgan fingerprint density at radius 3 is 2.68 bits per heavy atom. The molecule has 0 aliphatic heterocycles. The molecule has 0 radical (unpaired) electrons. The number of ether oxygens (including phenoxy) is 2. The Bertz CT molecular complexity index is 437. The van der Waals surface area contributed by atoms with Crippen molar-refractivity contribution in [1.82, 2.24) is 4.90 Å². The number of benzene rings is 1. The first-order chi connectivity index (χ1) is 8.99. The fourth-order valence-electron chi connectivity index (χ4n) is 1.74. The van der Waals surface area contributed by atoms with Crippen LogP contribution in [0.4, 0.5) is 0 Å². The third-order valence-electron chi connectivity index (χ3n) is 2.66. The van der Waals surface area contributed by atoms with Crippen LogP contribution in [-0.4, -0.2) is 56.4 Å². The number of phenolic OH excluding ortho intramolecular Hbond substituents is 1. The van der Waals surface area contributed by atoms with Crippen LogP contribution in [0.2, 0.25) is 0 Å². The van der Waals surface area contributed by atoms with Crippen molar-refractivity contribution in [3.05, 3.63) is 23.8 Å². The summed E-state index contributed by atoms with van der Waals surface area (Å²) in [4.78, 5) is 13.6. The van der Waals surface area contributed by atoms with Crippen molar-refractivity contribution in [2.75, 3.05) is 34.4 Å². The van der Waals surface area contributed by atoms with E-state index in [4.69, 9.17) is 15.2 Å². The average molecular weight is 268 g/mol. The lowest BCUT2D eigenvalue weighted by atomic mass is 10.1. The summed E-state index contributed by atoms with van der Waals surface area (Å²) in [7, 11) is 4.66. The fraction of sp³-hybridized carbons (Fsp3) is 0.462. The lowest BCUT2D eigenvalue weighted by molar-refractivity contribution is 0.0764. The Labute approximate surface area is 112 Å². The molecule has 1 aromatic carbocycles. The molecule has 0 heterocycles. The van der Waals surface area contributed by atoms with Crippen LogP contribution in [0, 0.1) is 0 Å². The van der Waals surface area contributed by atoms with E-state index in [1.54, 1.807) is 26.3 Å². The zero-order chi connectivity index (χ0) is 14.4. The first-order valence-corrected chi connectivity index (χ1v) is 5.86. The normalized spacial score (nSPS) is 12.0. The van der Waals surface area contributed by atoms with Crippen LogP contribution in [-0.2, 0) is 4.74 Å². The van der Waals surface area contributed by atoms with Crippen molar-refractivity contribution in [3.8, 4) is 11.5 Å². The van der Waals surface area contributed by atoms with Gasteiger partial charge in [-0.2, -0.15) is 0 Å². The van der Waals surface area contributed by atoms with Crippen LogP contribution in [0.15, 0.2) is 18.2 Å². The van der Waals surface area contributed by atoms with Gasteiger partial charge in [0.15, 0.2) is 11.5 Å². The van der Waals surface area contributed by atoms with Crippen molar-refractivity contribution in [1.29, 1.82) is 0 Å². The first kappa shape index (κ1) is 15.3. The van der Waals surface area contributed by atoms with Crippen molar-refractivity contribution < 1.29 is 19.4 Å². The van der Waals surface area contributed by atoms with Gasteiger partial charge in [-0.15, -0.1) is 0 Å². The van der Waals surface area contributed by atoms with Gasteiger partial charge in [-0.25, -0.2) is 0 Å². The van der Waals surface area contributed by atoms with E-state index in [2.05, 4.69) is 0 Å². The summed E-state index contributed by atoms with van der Waals surface area (Å²) in [5, 5.41) is 9.65. The van der Waals surface area contributed by atoms with E-state index in [1.807, 2.05) is 0 Å². The molecule has 0 aliphatic carbocycles. The van der Waals surface area contributed by atoms with Crippen molar-refractivity contribution in [2.24, 2.45) is 5.73 Å². The standard InChI is InChI=1S/C13H20N2O4/c1-15(7-10(14)8-18-2)13(17)9-4-5-12(19-3)11(16)6-9/h4-6,10,16H,7-8,14H2,1-3H3. The number of nitrogens with zero attached hydrogens (tertiary/aromatic N) is 1. The molecular formula is C13H20N2O4. The van der Waals surface area contributed by atoms with E-state index in [9.17, 15) is 9.90 Å². The largest absolute Gasteiger partial charge is 0.504 e. The SMILES string of the molecule is COCC(N)CN(C)C(=O)c1ccc(OC)c(O)c1. The second-order valence-corrected chi connectivity index (χ2v) is 4.29. The summed E-state index contributed by atoms with van der Waals surface area (Å²) in [5.41, 5.74) is 6.17. The summed E-state index contributed by atoms with van der Waals surface area (Å²) in [6.45, 7) is 0.755. The van der Waals surface area contributed by atoms with Gasteiger partial charge in [-0.1, -0.05) is 0 Å². The number of carbonyl (C=O) groups excluding carboxylic acids is 1. The Morgan fingerprint density at radius 2 is 2.16 bits per heavy atom.